The molecule has 0 atom stereocenters. The van der Waals surface area contributed by atoms with Crippen molar-refractivity contribution in [3.05, 3.63) is 59.7 Å². The summed E-state index contributed by atoms with van der Waals surface area (Å²) in [5.74, 6) is 1.90. The van der Waals surface area contributed by atoms with Gasteiger partial charge >= 0.3 is 0 Å². The molecule has 0 aliphatic rings. The molecule has 4 heteroatoms. The Balaban J connectivity index is 1.74. The maximum atomic E-state index is 5.84. The largest absolute Gasteiger partial charge is 0.488 e. The maximum absolute atomic E-state index is 5.84. The molecule has 0 unspecified atom stereocenters. The summed E-state index contributed by atoms with van der Waals surface area (Å²) in [6, 6.07) is 17.0. The van der Waals surface area contributed by atoms with Crippen LogP contribution in [0.25, 0.3) is 0 Å². The Hall–Kier alpha value is -2.04. The zero-order valence-electron chi connectivity index (χ0n) is 18.6. The maximum Gasteiger partial charge on any atom is 0.137 e. The summed E-state index contributed by atoms with van der Waals surface area (Å²) in [5, 5.41) is 0. The van der Waals surface area contributed by atoms with Gasteiger partial charge < -0.3 is 18.4 Å². The topological polar surface area (TPSA) is 18.5 Å². The Bertz CT molecular complexity index is 632. The lowest BCUT2D eigenvalue weighted by atomic mass is 10.0. The molecule has 0 saturated carbocycles. The fraction of sp³-hybridized carbons (Fsp3) is 0.500. The van der Waals surface area contributed by atoms with E-state index < -0.39 is 0 Å². The third-order valence-corrected chi connectivity index (χ3v) is 4.61. The third kappa shape index (κ3) is 9.25. The van der Waals surface area contributed by atoms with E-state index in [2.05, 4.69) is 90.8 Å². The Labute approximate surface area is 171 Å². The second-order valence-corrected chi connectivity index (χ2v) is 9.51. The fourth-order valence-corrected chi connectivity index (χ4v) is 2.67. The number of nitrogens with zero attached hydrogens (tertiary/aromatic N) is 2. The predicted octanol–water partition coefficient (Wildman–Crippen LogP) is 3.64. The van der Waals surface area contributed by atoms with Crippen molar-refractivity contribution in [1.82, 2.24) is 0 Å². The van der Waals surface area contributed by atoms with Crippen molar-refractivity contribution in [3.8, 4) is 11.5 Å². The third-order valence-electron chi connectivity index (χ3n) is 4.61. The first-order chi connectivity index (χ1) is 13.1. The van der Waals surface area contributed by atoms with Gasteiger partial charge in [0.2, 0.25) is 0 Å². The van der Waals surface area contributed by atoms with E-state index >= 15 is 0 Å². The lowest BCUT2D eigenvalue weighted by Gasteiger charge is -2.23. The van der Waals surface area contributed by atoms with E-state index in [-0.39, 0.29) is 0 Å². The van der Waals surface area contributed by atoms with Crippen LogP contribution in [0.3, 0.4) is 0 Å². The van der Waals surface area contributed by atoms with Crippen molar-refractivity contribution in [2.75, 3.05) is 68.6 Å². The molecule has 4 nitrogen and oxygen atoms in total. The molecule has 0 aliphatic heterocycles. The average Bonchev–Trinajstić information content (AvgIpc) is 2.60. The van der Waals surface area contributed by atoms with Crippen molar-refractivity contribution in [3.63, 3.8) is 0 Å². The zero-order valence-corrected chi connectivity index (χ0v) is 18.6. The molecule has 0 N–H and O–H groups in total. The number of hydrogen-bond acceptors (Lipinski definition) is 2. The molecule has 28 heavy (non-hydrogen) atoms. The zero-order chi connectivity index (χ0) is 20.6. The van der Waals surface area contributed by atoms with Crippen molar-refractivity contribution >= 4 is 0 Å². The second kappa shape index (κ2) is 9.94. The van der Waals surface area contributed by atoms with Crippen LogP contribution in [0.5, 0.6) is 11.5 Å². The Morgan fingerprint density at radius 2 is 0.857 bits per heavy atom. The average molecular weight is 387 g/mol. The molecule has 0 heterocycles. The van der Waals surface area contributed by atoms with Gasteiger partial charge in [0.1, 0.15) is 37.8 Å². The van der Waals surface area contributed by atoms with Gasteiger partial charge in [0.25, 0.3) is 0 Å². The van der Waals surface area contributed by atoms with E-state index in [0.29, 0.717) is 0 Å². The van der Waals surface area contributed by atoms with Crippen molar-refractivity contribution in [2.24, 2.45) is 0 Å². The summed E-state index contributed by atoms with van der Waals surface area (Å²) < 4.78 is 13.5. The second-order valence-electron chi connectivity index (χ2n) is 9.51. The van der Waals surface area contributed by atoms with Gasteiger partial charge in [-0.05, 0) is 48.2 Å². The minimum atomic E-state index is 0.742. The van der Waals surface area contributed by atoms with E-state index in [1.165, 1.54) is 11.1 Å². The van der Waals surface area contributed by atoms with Crippen LogP contribution in [-0.2, 0) is 12.8 Å². The Morgan fingerprint density at radius 1 is 0.536 bits per heavy atom. The van der Waals surface area contributed by atoms with Crippen LogP contribution >= 0.6 is 0 Å². The van der Waals surface area contributed by atoms with Gasteiger partial charge in [-0.25, -0.2) is 0 Å². The summed E-state index contributed by atoms with van der Waals surface area (Å²) in [6.45, 7) is 3.48. The normalized spacial score (nSPS) is 12.1. The van der Waals surface area contributed by atoms with Crippen molar-refractivity contribution in [2.45, 2.75) is 12.8 Å². The fourth-order valence-electron chi connectivity index (χ4n) is 2.67. The Morgan fingerprint density at radius 3 is 1.14 bits per heavy atom. The van der Waals surface area contributed by atoms with Crippen molar-refractivity contribution < 1.29 is 18.4 Å². The van der Waals surface area contributed by atoms with Gasteiger partial charge in [-0.15, -0.1) is 0 Å². The molecule has 0 amide bonds. The van der Waals surface area contributed by atoms with E-state index in [9.17, 15) is 0 Å². The minimum Gasteiger partial charge on any atom is -0.488 e. The minimum absolute atomic E-state index is 0.742. The van der Waals surface area contributed by atoms with Crippen molar-refractivity contribution in [1.29, 1.82) is 0 Å². The number of hydrogen-bond donors (Lipinski definition) is 0. The highest BCUT2D eigenvalue weighted by molar-refractivity contribution is 5.30. The molecule has 0 fully saturated rings. The van der Waals surface area contributed by atoms with E-state index in [1.54, 1.807) is 0 Å². The molecule has 0 aliphatic carbocycles. The predicted molar refractivity (Wildman–Crippen MR) is 117 cm³/mol. The smallest absolute Gasteiger partial charge is 0.137 e. The lowest BCUT2D eigenvalue weighted by molar-refractivity contribution is -0.870. The van der Waals surface area contributed by atoms with Crippen LogP contribution in [0.1, 0.15) is 11.1 Å². The van der Waals surface area contributed by atoms with Crippen LogP contribution in [0.15, 0.2) is 48.5 Å². The monoisotopic (exact) mass is 386 g/mol. The van der Waals surface area contributed by atoms with E-state index in [0.717, 1.165) is 59.6 Å². The molecule has 154 valence electrons. The molecule has 2 rings (SSSR count). The summed E-state index contributed by atoms with van der Waals surface area (Å²) in [7, 11) is 13.1. The quantitative estimate of drug-likeness (QED) is 0.549. The molecule has 2 aromatic rings. The van der Waals surface area contributed by atoms with Gasteiger partial charge in [-0.3, -0.25) is 0 Å². The molecule has 0 spiro atoms. The molecule has 0 bridgehead atoms. The van der Waals surface area contributed by atoms with Gasteiger partial charge in [0.15, 0.2) is 0 Å². The highest BCUT2D eigenvalue weighted by atomic mass is 16.5. The van der Waals surface area contributed by atoms with Gasteiger partial charge in [0, 0.05) is 0 Å². The molecular weight excluding hydrogens is 348 g/mol. The Kier molecular flexibility index (Phi) is 7.90. The molecule has 0 radical (unpaired) electrons. The number of ether oxygens (including phenoxy) is 2. The number of aryl methyl sites for hydroxylation is 2. The number of rotatable bonds is 11. The molecular formula is C24H38N2O2+2. The standard InChI is InChI=1S/C24H38N2O2/c1-25(2,3)17-19-27-23-13-9-21(10-14-23)7-8-22-11-15-24(16-12-22)28-20-18-26(4,5)6/h9-16H,7-8,17-20H2,1-6H3/q+2. The summed E-state index contributed by atoms with van der Waals surface area (Å²) in [4.78, 5) is 0. The molecule has 0 aromatic heterocycles. The van der Waals surface area contributed by atoms with Crippen LogP contribution in [0, 0.1) is 0 Å². The lowest BCUT2D eigenvalue weighted by Crippen LogP contribution is -2.38. The molecule has 0 saturated heterocycles. The highest BCUT2D eigenvalue weighted by Crippen LogP contribution is 2.16. The van der Waals surface area contributed by atoms with Gasteiger partial charge in [0.05, 0.1) is 42.3 Å². The van der Waals surface area contributed by atoms with Crippen LogP contribution < -0.4 is 9.47 Å². The van der Waals surface area contributed by atoms with Crippen LogP contribution in [-0.4, -0.2) is 77.6 Å². The summed E-state index contributed by atoms with van der Waals surface area (Å²) in [5.41, 5.74) is 2.67. The number of benzene rings is 2. The first-order valence-electron chi connectivity index (χ1n) is 10.2. The summed E-state index contributed by atoms with van der Waals surface area (Å²) in [6.07, 6.45) is 2.06. The summed E-state index contributed by atoms with van der Waals surface area (Å²) >= 11 is 0. The first-order valence-corrected chi connectivity index (χ1v) is 10.2. The molecule has 2 aromatic carbocycles. The van der Waals surface area contributed by atoms with E-state index in [1.807, 2.05) is 0 Å². The number of quaternary nitrogens is 2. The SMILES string of the molecule is C[N+](C)(C)CCOc1ccc(CCc2ccc(OCC[N+](C)(C)C)cc2)cc1. The van der Waals surface area contributed by atoms with Crippen LogP contribution in [0.2, 0.25) is 0 Å². The van der Waals surface area contributed by atoms with Gasteiger partial charge in [-0.2, -0.15) is 0 Å². The van der Waals surface area contributed by atoms with Gasteiger partial charge in [-0.1, -0.05) is 24.3 Å². The highest BCUT2D eigenvalue weighted by Gasteiger charge is 2.07. The van der Waals surface area contributed by atoms with E-state index in [4.69, 9.17) is 9.47 Å². The van der Waals surface area contributed by atoms with Crippen LogP contribution in [0.4, 0.5) is 0 Å². The first kappa shape index (κ1) is 22.3. The number of likely N-dealkylation sites (N-methyl/N-ethyl adjacent to an activating group) is 2.